The van der Waals surface area contributed by atoms with E-state index in [1.165, 1.54) is 24.3 Å². The molecule has 0 atom stereocenters. The fourth-order valence-electron chi connectivity index (χ4n) is 3.36. The number of ether oxygens (including phenoxy) is 1. The molecule has 0 fully saturated rings. The van der Waals surface area contributed by atoms with Crippen molar-refractivity contribution in [1.82, 2.24) is 0 Å². The van der Waals surface area contributed by atoms with Crippen molar-refractivity contribution in [2.75, 3.05) is 10.6 Å². The van der Waals surface area contributed by atoms with Crippen molar-refractivity contribution in [3.05, 3.63) is 87.6 Å². The predicted molar refractivity (Wildman–Crippen MR) is 124 cm³/mol. The molecule has 17 heteroatoms. The normalized spacial score (nSPS) is 12.6. The fraction of sp³-hybridized carbons (Fsp3) is 0.167. The molecular formula is C24H12BrF11N2O3. The lowest BCUT2D eigenvalue weighted by molar-refractivity contribution is -0.348. The highest BCUT2D eigenvalue weighted by Crippen LogP contribution is 2.55. The molecule has 0 unspecified atom stereocenters. The number of amides is 2. The van der Waals surface area contributed by atoms with Gasteiger partial charge in [-0.2, -0.15) is 26.3 Å². The number of hydrogen-bond donors (Lipinski definition) is 2. The zero-order chi connectivity index (χ0) is 31.0. The first-order valence-electron chi connectivity index (χ1n) is 10.6. The van der Waals surface area contributed by atoms with E-state index in [9.17, 15) is 53.5 Å². The number of anilines is 2. The molecule has 2 amide bonds. The third-order valence-corrected chi connectivity index (χ3v) is 5.85. The summed E-state index contributed by atoms with van der Waals surface area (Å²) in [6.07, 6.45) is -19.1. The largest absolute Gasteiger partial charge is 0.573 e. The molecule has 3 aromatic rings. The summed E-state index contributed by atoms with van der Waals surface area (Å²) >= 11 is 2.41. The number of rotatable bonds is 6. The van der Waals surface area contributed by atoms with Gasteiger partial charge < -0.3 is 15.4 Å². The van der Waals surface area contributed by atoms with Gasteiger partial charge in [0.25, 0.3) is 11.8 Å². The Morgan fingerprint density at radius 1 is 0.732 bits per heavy atom. The van der Waals surface area contributed by atoms with Gasteiger partial charge in [0.15, 0.2) is 11.6 Å². The Bertz CT molecular complexity index is 1440. The lowest BCUT2D eigenvalue weighted by Crippen LogP contribution is -2.50. The second kappa shape index (κ2) is 11.2. The molecule has 3 aromatic carbocycles. The van der Waals surface area contributed by atoms with E-state index in [1.54, 1.807) is 11.4 Å². The van der Waals surface area contributed by atoms with Gasteiger partial charge in [0.1, 0.15) is 0 Å². The standard InChI is InChI=1S/C24H12BrF11N2O3/c25-14-9-12(21(27,22(28,29)30)23(31,32)33)10-16(41-24(34,35)36)18(14)38-20(40)13-7-4-8-15(17(13)26)37-19(39)11-5-2-1-3-6-11/h1-10H,(H,37,39)(H,38,40). The number of nitrogens with one attached hydrogen (secondary N) is 2. The topological polar surface area (TPSA) is 67.4 Å². The van der Waals surface area contributed by atoms with E-state index in [2.05, 4.69) is 26.0 Å². The number of benzene rings is 3. The van der Waals surface area contributed by atoms with Crippen LogP contribution >= 0.6 is 15.9 Å². The Balaban J connectivity index is 2.05. The Labute approximate surface area is 230 Å². The number of alkyl halides is 10. The molecule has 41 heavy (non-hydrogen) atoms. The molecule has 0 aromatic heterocycles. The number of carbonyl (C=O) groups is 2. The quantitative estimate of drug-likeness (QED) is 0.261. The van der Waals surface area contributed by atoms with Gasteiger partial charge in [0, 0.05) is 15.6 Å². The first-order valence-corrected chi connectivity index (χ1v) is 11.4. The average molecular weight is 665 g/mol. The molecule has 220 valence electrons. The summed E-state index contributed by atoms with van der Waals surface area (Å²) in [7, 11) is 0. The van der Waals surface area contributed by atoms with E-state index < -0.39 is 80.8 Å². The fourth-order valence-corrected chi connectivity index (χ4v) is 3.90. The number of carbonyl (C=O) groups excluding carboxylic acids is 2. The summed E-state index contributed by atoms with van der Waals surface area (Å²) < 4.78 is 150. The molecule has 2 N–H and O–H groups in total. The van der Waals surface area contributed by atoms with Crippen LogP contribution in [0.4, 0.5) is 59.7 Å². The third kappa shape index (κ3) is 6.71. The van der Waals surface area contributed by atoms with Crippen molar-refractivity contribution >= 4 is 39.1 Å². The van der Waals surface area contributed by atoms with Crippen LogP contribution in [-0.2, 0) is 5.67 Å². The van der Waals surface area contributed by atoms with Crippen LogP contribution in [0.3, 0.4) is 0 Å². The summed E-state index contributed by atoms with van der Waals surface area (Å²) in [4.78, 5) is 25.1. The van der Waals surface area contributed by atoms with E-state index in [4.69, 9.17) is 0 Å². The molecule has 5 nitrogen and oxygen atoms in total. The highest BCUT2D eigenvalue weighted by Gasteiger charge is 2.73. The molecular weight excluding hydrogens is 653 g/mol. The SMILES string of the molecule is O=C(Nc1cccc(C(=O)Nc2c(Br)cc(C(F)(C(F)(F)F)C(F)(F)F)cc2OC(F)(F)F)c1F)c1ccccc1. The maximum atomic E-state index is 15.1. The van der Waals surface area contributed by atoms with E-state index in [0.29, 0.717) is 0 Å². The van der Waals surface area contributed by atoms with Crippen LogP contribution in [0.1, 0.15) is 26.3 Å². The van der Waals surface area contributed by atoms with Crippen LogP contribution in [0.2, 0.25) is 0 Å². The molecule has 0 aliphatic heterocycles. The van der Waals surface area contributed by atoms with Gasteiger partial charge in [0.2, 0.25) is 0 Å². The Morgan fingerprint density at radius 3 is 1.85 bits per heavy atom. The number of hydrogen-bond acceptors (Lipinski definition) is 3. The lowest BCUT2D eigenvalue weighted by Gasteiger charge is -2.31. The van der Waals surface area contributed by atoms with Crippen LogP contribution in [0.15, 0.2) is 65.1 Å². The van der Waals surface area contributed by atoms with Crippen molar-refractivity contribution in [1.29, 1.82) is 0 Å². The summed E-state index contributed by atoms with van der Waals surface area (Å²) in [5.74, 6) is -5.68. The van der Waals surface area contributed by atoms with Gasteiger partial charge in [-0.05, 0) is 52.3 Å². The first kappa shape index (κ1) is 31.6. The maximum Gasteiger partial charge on any atom is 0.573 e. The summed E-state index contributed by atoms with van der Waals surface area (Å²) in [6.45, 7) is 0. The van der Waals surface area contributed by atoms with Gasteiger partial charge in [-0.1, -0.05) is 24.3 Å². The minimum absolute atomic E-state index is 0.0846. The van der Waals surface area contributed by atoms with Crippen LogP contribution in [0.5, 0.6) is 5.75 Å². The summed E-state index contributed by atoms with van der Waals surface area (Å²) in [6, 6.07) is 9.46. The van der Waals surface area contributed by atoms with Crippen LogP contribution < -0.4 is 15.4 Å². The summed E-state index contributed by atoms with van der Waals surface area (Å²) in [5, 5.41) is 3.84. The zero-order valence-electron chi connectivity index (χ0n) is 19.5. The zero-order valence-corrected chi connectivity index (χ0v) is 21.1. The third-order valence-electron chi connectivity index (χ3n) is 5.22. The van der Waals surface area contributed by atoms with Gasteiger partial charge in [-0.3, -0.25) is 9.59 Å². The van der Waals surface area contributed by atoms with E-state index in [1.807, 2.05) is 0 Å². The van der Waals surface area contributed by atoms with Gasteiger partial charge in [-0.25, -0.2) is 8.78 Å². The van der Waals surface area contributed by atoms with Crippen molar-refractivity contribution in [3.8, 4) is 5.75 Å². The Hall–Kier alpha value is -3.89. The molecule has 3 rings (SSSR count). The van der Waals surface area contributed by atoms with Crippen LogP contribution in [0.25, 0.3) is 0 Å². The smallest absolute Gasteiger partial charge is 0.404 e. The van der Waals surface area contributed by atoms with Crippen LogP contribution in [0, 0.1) is 5.82 Å². The minimum atomic E-state index is -6.68. The van der Waals surface area contributed by atoms with Crippen LogP contribution in [-0.4, -0.2) is 30.5 Å². The Morgan fingerprint density at radius 2 is 1.32 bits per heavy atom. The number of halogens is 12. The van der Waals surface area contributed by atoms with Crippen molar-refractivity contribution in [2.45, 2.75) is 24.4 Å². The molecule has 0 saturated heterocycles. The summed E-state index contributed by atoms with van der Waals surface area (Å²) in [5.41, 5.74) is -11.1. The average Bonchev–Trinajstić information content (AvgIpc) is 2.84. The van der Waals surface area contributed by atoms with E-state index in [-0.39, 0.29) is 11.6 Å². The van der Waals surface area contributed by atoms with E-state index >= 15 is 4.39 Å². The highest BCUT2D eigenvalue weighted by molar-refractivity contribution is 9.10. The second-order valence-corrected chi connectivity index (χ2v) is 8.83. The highest BCUT2D eigenvalue weighted by atomic mass is 79.9. The molecule has 0 heterocycles. The van der Waals surface area contributed by atoms with Crippen molar-refractivity contribution in [2.24, 2.45) is 0 Å². The van der Waals surface area contributed by atoms with Crippen molar-refractivity contribution < 1.29 is 62.6 Å². The first-order chi connectivity index (χ1) is 18.8. The molecule has 0 aliphatic rings. The lowest BCUT2D eigenvalue weighted by atomic mass is 9.93. The minimum Gasteiger partial charge on any atom is -0.404 e. The monoisotopic (exact) mass is 664 g/mol. The van der Waals surface area contributed by atoms with Crippen molar-refractivity contribution in [3.63, 3.8) is 0 Å². The van der Waals surface area contributed by atoms with E-state index in [0.717, 1.165) is 18.2 Å². The molecule has 0 saturated carbocycles. The Kier molecular flexibility index (Phi) is 8.62. The van der Waals surface area contributed by atoms with Gasteiger partial charge in [0.05, 0.1) is 16.9 Å². The molecule has 0 radical (unpaired) electrons. The second-order valence-electron chi connectivity index (χ2n) is 7.97. The van der Waals surface area contributed by atoms with Gasteiger partial charge in [-0.15, -0.1) is 13.2 Å². The molecule has 0 spiro atoms. The molecule has 0 aliphatic carbocycles. The molecule has 0 bridgehead atoms. The maximum absolute atomic E-state index is 15.1. The predicted octanol–water partition coefficient (Wildman–Crippen LogP) is 8.28. The van der Waals surface area contributed by atoms with Gasteiger partial charge >= 0.3 is 24.4 Å².